The number of nitrogens with zero attached hydrogens (tertiary/aromatic N) is 2. The molecule has 0 unspecified atom stereocenters. The number of carboxylic acids is 1. The summed E-state index contributed by atoms with van der Waals surface area (Å²) in [7, 11) is 2.04. The Balaban J connectivity index is 1.57. The molecular formula is C22H30F2N2O3S2. The molecule has 0 amide bonds. The molecule has 0 bridgehead atoms. The van der Waals surface area contributed by atoms with Crippen molar-refractivity contribution < 1.29 is 23.4 Å². The molecule has 1 spiro atoms. The standard InChI is InChI=1S/C22H30F2N2O3S2/c1-20(2,19(27)28)13-29-16-8-17-15(7-18(16)30-4)26(6-5-25(3)31-17)14-9-21(10-14)11-22(23,24)12-21/h7-8,14H,5-6,9-13H2,1-4H3,(H,27,28). The van der Waals surface area contributed by atoms with Crippen LogP contribution in [0.15, 0.2) is 21.9 Å². The predicted octanol–water partition coefficient (Wildman–Crippen LogP) is 5.23. The van der Waals surface area contributed by atoms with Crippen molar-refractivity contribution in [3.63, 3.8) is 0 Å². The molecule has 2 fully saturated rings. The molecule has 0 radical (unpaired) electrons. The molecule has 0 saturated heterocycles. The summed E-state index contributed by atoms with van der Waals surface area (Å²) in [5, 5.41) is 9.39. The number of carboxylic acid groups (broad SMARTS) is 1. The number of ether oxygens (including phenoxy) is 1. The second kappa shape index (κ2) is 7.99. The average Bonchev–Trinajstić information content (AvgIpc) is 2.79. The molecule has 0 aromatic heterocycles. The quantitative estimate of drug-likeness (QED) is 0.449. The van der Waals surface area contributed by atoms with Crippen molar-refractivity contribution in [2.75, 3.05) is 37.9 Å². The molecule has 5 nitrogen and oxygen atoms in total. The number of fused-ring (bicyclic) bond motifs is 1. The number of carbonyl (C=O) groups is 1. The number of anilines is 1. The van der Waals surface area contributed by atoms with Crippen molar-refractivity contribution in [2.24, 2.45) is 10.8 Å². The van der Waals surface area contributed by atoms with Crippen LogP contribution >= 0.6 is 23.7 Å². The molecule has 3 aliphatic rings. The van der Waals surface area contributed by atoms with Crippen LogP contribution in [0, 0.1) is 10.8 Å². The van der Waals surface area contributed by atoms with Gasteiger partial charge in [-0.05, 0) is 69.5 Å². The summed E-state index contributed by atoms with van der Waals surface area (Å²) in [6, 6.07) is 4.41. The van der Waals surface area contributed by atoms with Crippen molar-refractivity contribution in [1.29, 1.82) is 0 Å². The Bertz CT molecular complexity index is 865. The van der Waals surface area contributed by atoms with Crippen LogP contribution in [-0.4, -0.2) is 60.3 Å². The fourth-order valence-electron chi connectivity index (χ4n) is 4.88. The van der Waals surface area contributed by atoms with Crippen LogP contribution in [0.4, 0.5) is 14.5 Å². The van der Waals surface area contributed by atoms with Crippen LogP contribution in [0.1, 0.15) is 39.5 Å². The molecule has 2 aliphatic carbocycles. The van der Waals surface area contributed by atoms with Gasteiger partial charge in [0.05, 0.1) is 20.9 Å². The molecule has 1 aromatic carbocycles. The first kappa shape index (κ1) is 23.0. The molecule has 1 N–H and O–H groups in total. The van der Waals surface area contributed by atoms with Gasteiger partial charge in [0.25, 0.3) is 0 Å². The Labute approximate surface area is 191 Å². The molecule has 1 aromatic rings. The second-order valence-electron chi connectivity index (χ2n) is 9.86. The maximum Gasteiger partial charge on any atom is 0.312 e. The highest BCUT2D eigenvalue weighted by molar-refractivity contribution is 7.98. The predicted molar refractivity (Wildman–Crippen MR) is 121 cm³/mol. The maximum absolute atomic E-state index is 13.5. The summed E-state index contributed by atoms with van der Waals surface area (Å²) in [4.78, 5) is 15.8. The number of likely N-dealkylation sites (N-methyl/N-ethyl adjacent to an activating group) is 1. The smallest absolute Gasteiger partial charge is 0.312 e. The zero-order valence-corrected chi connectivity index (χ0v) is 20.0. The molecule has 2 saturated carbocycles. The highest BCUT2D eigenvalue weighted by atomic mass is 32.2. The third-order valence-electron chi connectivity index (χ3n) is 6.68. The lowest BCUT2D eigenvalue weighted by atomic mass is 9.52. The fourth-order valence-corrected chi connectivity index (χ4v) is 6.36. The van der Waals surface area contributed by atoms with Gasteiger partial charge in [-0.2, -0.15) is 0 Å². The number of halogens is 2. The lowest BCUT2D eigenvalue weighted by Crippen LogP contribution is -2.60. The van der Waals surface area contributed by atoms with E-state index in [1.807, 2.05) is 19.4 Å². The second-order valence-corrected chi connectivity index (χ2v) is 12.0. The summed E-state index contributed by atoms with van der Waals surface area (Å²) >= 11 is 3.22. The van der Waals surface area contributed by atoms with Gasteiger partial charge >= 0.3 is 5.97 Å². The van der Waals surface area contributed by atoms with E-state index in [0.29, 0.717) is 5.75 Å². The van der Waals surface area contributed by atoms with E-state index >= 15 is 0 Å². The van der Waals surface area contributed by atoms with E-state index in [4.69, 9.17) is 4.74 Å². The summed E-state index contributed by atoms with van der Waals surface area (Å²) in [5.74, 6) is -2.68. The number of hydrogen-bond donors (Lipinski definition) is 1. The molecule has 1 heterocycles. The Hall–Kier alpha value is -1.19. The Kier molecular flexibility index (Phi) is 5.92. The van der Waals surface area contributed by atoms with Gasteiger partial charge in [-0.1, -0.05) is 0 Å². The normalized spacial score (nSPS) is 23.0. The summed E-state index contributed by atoms with van der Waals surface area (Å²) in [6.07, 6.45) is 3.71. The van der Waals surface area contributed by atoms with Gasteiger partial charge in [0.2, 0.25) is 5.92 Å². The average molecular weight is 473 g/mol. The monoisotopic (exact) mass is 472 g/mol. The van der Waals surface area contributed by atoms with Crippen LogP contribution in [0.5, 0.6) is 5.75 Å². The Morgan fingerprint density at radius 3 is 2.58 bits per heavy atom. The largest absolute Gasteiger partial charge is 0.491 e. The highest BCUT2D eigenvalue weighted by Crippen LogP contribution is 2.64. The molecule has 1 aliphatic heterocycles. The van der Waals surface area contributed by atoms with Gasteiger partial charge in [-0.25, -0.2) is 13.1 Å². The number of rotatable bonds is 6. The van der Waals surface area contributed by atoms with E-state index in [1.165, 1.54) is 0 Å². The van der Waals surface area contributed by atoms with Gasteiger partial charge in [0.15, 0.2) is 0 Å². The number of benzene rings is 1. The van der Waals surface area contributed by atoms with Crippen molar-refractivity contribution in [3.8, 4) is 5.75 Å². The van der Waals surface area contributed by atoms with Crippen molar-refractivity contribution >= 4 is 35.4 Å². The van der Waals surface area contributed by atoms with Crippen LogP contribution < -0.4 is 9.64 Å². The van der Waals surface area contributed by atoms with Crippen LogP contribution in [0.3, 0.4) is 0 Å². The van der Waals surface area contributed by atoms with E-state index in [-0.39, 0.29) is 30.9 Å². The third kappa shape index (κ3) is 4.50. The minimum atomic E-state index is -2.47. The van der Waals surface area contributed by atoms with E-state index in [9.17, 15) is 18.7 Å². The van der Waals surface area contributed by atoms with Gasteiger partial charge in [0, 0.05) is 32.0 Å². The first-order chi connectivity index (χ1) is 14.4. The maximum atomic E-state index is 13.5. The van der Waals surface area contributed by atoms with E-state index in [1.54, 1.807) is 37.6 Å². The fraction of sp³-hybridized carbons (Fsp3) is 0.682. The number of aliphatic carboxylic acids is 1. The number of thioether (sulfide) groups is 1. The highest BCUT2D eigenvalue weighted by Gasteiger charge is 2.62. The molecule has 0 atom stereocenters. The van der Waals surface area contributed by atoms with Crippen molar-refractivity contribution in [3.05, 3.63) is 12.1 Å². The summed E-state index contributed by atoms with van der Waals surface area (Å²) in [6.45, 7) is 5.11. The van der Waals surface area contributed by atoms with Gasteiger partial charge in [0.1, 0.15) is 12.4 Å². The Morgan fingerprint density at radius 2 is 2.00 bits per heavy atom. The van der Waals surface area contributed by atoms with Gasteiger partial charge in [-0.3, -0.25) is 4.79 Å². The zero-order valence-electron chi connectivity index (χ0n) is 18.4. The molecule has 9 heteroatoms. The van der Waals surface area contributed by atoms with Gasteiger partial charge < -0.3 is 14.7 Å². The zero-order chi connectivity index (χ0) is 22.6. The molecular weight excluding hydrogens is 442 g/mol. The van der Waals surface area contributed by atoms with Crippen molar-refractivity contribution in [2.45, 2.75) is 61.3 Å². The summed E-state index contributed by atoms with van der Waals surface area (Å²) in [5.41, 5.74) is -0.0220. The summed E-state index contributed by atoms with van der Waals surface area (Å²) < 4.78 is 35.1. The lowest BCUT2D eigenvalue weighted by Gasteiger charge is -2.59. The van der Waals surface area contributed by atoms with Crippen LogP contribution in [0.2, 0.25) is 0 Å². The van der Waals surface area contributed by atoms with Gasteiger partial charge in [-0.15, -0.1) is 11.8 Å². The lowest BCUT2D eigenvalue weighted by molar-refractivity contribution is -0.195. The van der Waals surface area contributed by atoms with Crippen molar-refractivity contribution in [1.82, 2.24) is 4.31 Å². The van der Waals surface area contributed by atoms with E-state index in [2.05, 4.69) is 15.3 Å². The topological polar surface area (TPSA) is 53.0 Å². The molecule has 4 rings (SSSR count). The minimum Gasteiger partial charge on any atom is -0.491 e. The number of hydrogen-bond acceptors (Lipinski definition) is 6. The third-order valence-corrected chi connectivity index (χ3v) is 8.45. The first-order valence-electron chi connectivity index (χ1n) is 10.6. The van der Waals surface area contributed by atoms with E-state index < -0.39 is 17.3 Å². The van der Waals surface area contributed by atoms with Crippen LogP contribution in [0.25, 0.3) is 0 Å². The Morgan fingerprint density at radius 1 is 1.32 bits per heavy atom. The molecule has 31 heavy (non-hydrogen) atoms. The van der Waals surface area contributed by atoms with E-state index in [0.717, 1.165) is 41.4 Å². The molecule has 172 valence electrons. The SMILES string of the molecule is CSc1cc2c(cc1OCC(C)(C)C(=O)O)SN(C)CCN2C1CC2(C1)CC(F)(F)C2. The van der Waals surface area contributed by atoms with Crippen LogP contribution in [-0.2, 0) is 4.79 Å². The minimum absolute atomic E-state index is 0.0358. The number of alkyl halides is 2. The first-order valence-corrected chi connectivity index (χ1v) is 12.6.